The first-order chi connectivity index (χ1) is 11.3. The van der Waals surface area contributed by atoms with Gasteiger partial charge in [-0.2, -0.15) is 8.42 Å². The molecule has 0 radical (unpaired) electrons. The normalized spacial score (nSPS) is 12.1. The molecule has 0 aliphatic rings. The van der Waals surface area contributed by atoms with E-state index in [9.17, 15) is 8.42 Å². The quantitative estimate of drug-likeness (QED) is 0.538. The second-order valence-corrected chi connectivity index (χ2v) is 7.89. The van der Waals surface area contributed by atoms with Crippen molar-refractivity contribution in [1.82, 2.24) is 0 Å². The first kappa shape index (κ1) is 18.5. The van der Waals surface area contributed by atoms with Gasteiger partial charge in [0.05, 0.1) is 19.5 Å². The Labute approximate surface area is 144 Å². The molecule has 0 unspecified atom stereocenters. The largest absolute Gasteiger partial charge is 0.494 e. The molecule has 130 valence electrons. The number of rotatable bonds is 8. The Balaban J connectivity index is 1.91. The highest BCUT2D eigenvalue weighted by Gasteiger charge is 2.22. The topological polar surface area (TPSA) is 52.6 Å². The van der Waals surface area contributed by atoms with Gasteiger partial charge in [0, 0.05) is 11.8 Å². The van der Waals surface area contributed by atoms with Crippen LogP contribution in [0.15, 0.2) is 54.6 Å². The van der Waals surface area contributed by atoms with E-state index in [0.717, 1.165) is 12.0 Å². The minimum Gasteiger partial charge on any atom is -0.494 e. The van der Waals surface area contributed by atoms with Crippen LogP contribution in [0.1, 0.15) is 31.4 Å². The van der Waals surface area contributed by atoms with E-state index in [4.69, 9.17) is 4.74 Å². The van der Waals surface area contributed by atoms with Crippen LogP contribution < -0.4 is 4.74 Å². The Morgan fingerprint density at radius 3 is 2.04 bits per heavy atom. The van der Waals surface area contributed by atoms with Gasteiger partial charge < -0.3 is 4.74 Å². The maximum Gasteiger partial charge on any atom is 0.264 e. The summed E-state index contributed by atoms with van der Waals surface area (Å²) in [4.78, 5) is 0. The molecule has 24 heavy (non-hydrogen) atoms. The van der Waals surface area contributed by atoms with Crippen molar-refractivity contribution in [2.24, 2.45) is 0 Å². The van der Waals surface area contributed by atoms with Gasteiger partial charge in [-0.15, -0.1) is 0 Å². The molecule has 0 aliphatic heterocycles. The lowest BCUT2D eigenvalue weighted by molar-refractivity contribution is 0.252. The summed E-state index contributed by atoms with van der Waals surface area (Å²) >= 11 is 0. The first-order valence-corrected chi connectivity index (χ1v) is 9.74. The van der Waals surface area contributed by atoms with Crippen LogP contribution in [-0.4, -0.2) is 27.9 Å². The van der Waals surface area contributed by atoms with E-state index in [-0.39, 0.29) is 12.0 Å². The highest BCUT2D eigenvalue weighted by Crippen LogP contribution is 2.32. The zero-order chi connectivity index (χ0) is 17.6. The number of benzene rings is 2. The van der Waals surface area contributed by atoms with Gasteiger partial charge in [0.15, 0.2) is 0 Å². The van der Waals surface area contributed by atoms with Gasteiger partial charge >= 0.3 is 0 Å². The SMILES string of the molecule is CC(C)(c1ccccc1)c1ccc(OCCCOS(C)(=O)=O)cc1. The third-order valence-corrected chi connectivity index (χ3v) is 4.52. The van der Waals surface area contributed by atoms with Crippen molar-refractivity contribution in [3.05, 3.63) is 65.7 Å². The molecule has 2 rings (SSSR count). The minimum absolute atomic E-state index is 0.0802. The van der Waals surface area contributed by atoms with E-state index >= 15 is 0 Å². The summed E-state index contributed by atoms with van der Waals surface area (Å²) < 4.78 is 32.0. The molecule has 5 heteroatoms. The Morgan fingerprint density at radius 1 is 0.875 bits per heavy atom. The smallest absolute Gasteiger partial charge is 0.264 e. The molecule has 0 amide bonds. The molecular formula is C19H24O4S. The maximum atomic E-state index is 10.8. The predicted molar refractivity (Wildman–Crippen MR) is 95.9 cm³/mol. The van der Waals surface area contributed by atoms with Gasteiger partial charge in [0.2, 0.25) is 0 Å². The van der Waals surface area contributed by atoms with Crippen molar-refractivity contribution in [1.29, 1.82) is 0 Å². The first-order valence-electron chi connectivity index (χ1n) is 7.92. The van der Waals surface area contributed by atoms with Crippen molar-refractivity contribution >= 4 is 10.1 Å². The summed E-state index contributed by atoms with van der Waals surface area (Å²) in [5.41, 5.74) is 2.39. The van der Waals surface area contributed by atoms with Gasteiger partial charge in [-0.1, -0.05) is 56.3 Å². The molecule has 0 fully saturated rings. The van der Waals surface area contributed by atoms with Crippen molar-refractivity contribution in [3.63, 3.8) is 0 Å². The molecule has 2 aromatic carbocycles. The zero-order valence-electron chi connectivity index (χ0n) is 14.4. The van der Waals surface area contributed by atoms with E-state index in [1.54, 1.807) is 0 Å². The molecule has 0 saturated heterocycles. The van der Waals surface area contributed by atoms with Crippen molar-refractivity contribution in [2.75, 3.05) is 19.5 Å². The molecule has 0 aromatic heterocycles. The monoisotopic (exact) mass is 348 g/mol. The van der Waals surface area contributed by atoms with E-state index in [1.165, 1.54) is 11.1 Å². The van der Waals surface area contributed by atoms with Crippen LogP contribution in [0.4, 0.5) is 0 Å². The van der Waals surface area contributed by atoms with Gasteiger partial charge in [-0.25, -0.2) is 0 Å². The van der Waals surface area contributed by atoms with Crippen LogP contribution >= 0.6 is 0 Å². The average Bonchev–Trinajstić information content (AvgIpc) is 2.55. The molecule has 0 saturated carbocycles. The van der Waals surface area contributed by atoms with Crippen LogP contribution in [-0.2, 0) is 19.7 Å². The van der Waals surface area contributed by atoms with Crippen LogP contribution in [0.25, 0.3) is 0 Å². The fraction of sp³-hybridized carbons (Fsp3) is 0.368. The van der Waals surface area contributed by atoms with Gasteiger partial charge in [-0.05, 0) is 23.3 Å². The molecule has 0 bridgehead atoms. The Hall–Kier alpha value is -1.85. The summed E-state index contributed by atoms with van der Waals surface area (Å²) in [6.07, 6.45) is 1.56. The molecule has 0 heterocycles. The van der Waals surface area contributed by atoms with Crippen LogP contribution in [0.3, 0.4) is 0 Å². The zero-order valence-corrected chi connectivity index (χ0v) is 15.2. The molecule has 2 aromatic rings. The predicted octanol–water partition coefficient (Wildman–Crippen LogP) is 3.76. The fourth-order valence-corrected chi connectivity index (χ4v) is 2.87. The van der Waals surface area contributed by atoms with Crippen LogP contribution in [0, 0.1) is 0 Å². The van der Waals surface area contributed by atoms with E-state index < -0.39 is 10.1 Å². The molecule has 0 aliphatic carbocycles. The van der Waals surface area contributed by atoms with Crippen molar-refractivity contribution in [3.8, 4) is 5.75 Å². The van der Waals surface area contributed by atoms with Crippen LogP contribution in [0.2, 0.25) is 0 Å². The average molecular weight is 348 g/mol. The van der Waals surface area contributed by atoms with E-state index in [2.05, 4.69) is 42.3 Å². The second kappa shape index (κ2) is 7.81. The standard InChI is InChI=1S/C19H24O4S/c1-19(2,16-8-5-4-6-9-16)17-10-12-18(13-11-17)22-14-7-15-23-24(3,20)21/h4-6,8-13H,7,14-15H2,1-3H3. The molecule has 0 spiro atoms. The summed E-state index contributed by atoms with van der Waals surface area (Å²) in [6.45, 7) is 4.94. The lowest BCUT2D eigenvalue weighted by atomic mass is 9.78. The maximum absolute atomic E-state index is 10.8. The molecule has 4 nitrogen and oxygen atoms in total. The highest BCUT2D eigenvalue weighted by atomic mass is 32.2. The Bertz CT molecular complexity index is 735. The molecule has 0 N–H and O–H groups in total. The number of hydrogen-bond donors (Lipinski definition) is 0. The molecule has 0 atom stereocenters. The highest BCUT2D eigenvalue weighted by molar-refractivity contribution is 7.85. The van der Waals surface area contributed by atoms with Gasteiger partial charge in [0.1, 0.15) is 5.75 Å². The summed E-state index contributed by atoms with van der Waals surface area (Å²) in [5, 5.41) is 0. The summed E-state index contributed by atoms with van der Waals surface area (Å²) in [5.74, 6) is 0.766. The Kier molecular flexibility index (Phi) is 6.02. The van der Waals surface area contributed by atoms with Gasteiger partial charge in [-0.3, -0.25) is 4.18 Å². The van der Waals surface area contributed by atoms with E-state index in [1.807, 2.05) is 30.3 Å². The number of ether oxygens (including phenoxy) is 1. The Morgan fingerprint density at radius 2 is 1.46 bits per heavy atom. The molecular weight excluding hydrogens is 324 g/mol. The van der Waals surface area contributed by atoms with E-state index in [0.29, 0.717) is 13.0 Å². The minimum atomic E-state index is -3.37. The lowest BCUT2D eigenvalue weighted by Gasteiger charge is -2.26. The summed E-state index contributed by atoms with van der Waals surface area (Å²) in [6, 6.07) is 18.4. The second-order valence-electron chi connectivity index (χ2n) is 6.24. The fourth-order valence-electron chi connectivity index (χ4n) is 2.45. The van der Waals surface area contributed by atoms with Crippen LogP contribution in [0.5, 0.6) is 5.75 Å². The summed E-state index contributed by atoms with van der Waals surface area (Å²) in [7, 11) is -3.37. The van der Waals surface area contributed by atoms with Crippen molar-refractivity contribution < 1.29 is 17.3 Å². The van der Waals surface area contributed by atoms with Gasteiger partial charge in [0.25, 0.3) is 10.1 Å². The lowest BCUT2D eigenvalue weighted by Crippen LogP contribution is -2.18. The van der Waals surface area contributed by atoms with Crippen molar-refractivity contribution in [2.45, 2.75) is 25.7 Å². The number of hydrogen-bond acceptors (Lipinski definition) is 4. The third kappa shape index (κ3) is 5.35. The third-order valence-electron chi connectivity index (χ3n) is 3.93.